The van der Waals surface area contributed by atoms with E-state index in [9.17, 15) is 23.6 Å². The van der Waals surface area contributed by atoms with E-state index in [1.165, 1.54) is 24.3 Å². The molecule has 30 heavy (non-hydrogen) atoms. The molecule has 7 nitrogen and oxygen atoms in total. The van der Waals surface area contributed by atoms with Crippen molar-refractivity contribution in [1.82, 2.24) is 4.90 Å². The first-order chi connectivity index (χ1) is 14.3. The number of rotatable bonds is 7. The molecule has 0 aromatic heterocycles. The molecule has 1 heterocycles. The minimum atomic E-state index is -0.828. The third-order valence-corrected chi connectivity index (χ3v) is 4.79. The van der Waals surface area contributed by atoms with Gasteiger partial charge in [0.15, 0.2) is 6.61 Å². The van der Waals surface area contributed by atoms with Gasteiger partial charge in [0.25, 0.3) is 17.7 Å². The van der Waals surface area contributed by atoms with Crippen LogP contribution < -0.4 is 5.32 Å². The van der Waals surface area contributed by atoms with Crippen LogP contribution in [0, 0.1) is 5.82 Å². The van der Waals surface area contributed by atoms with E-state index in [0.717, 1.165) is 23.5 Å². The fourth-order valence-corrected chi connectivity index (χ4v) is 3.14. The highest BCUT2D eigenvalue weighted by Gasteiger charge is 2.35. The number of hydrogen-bond donors (Lipinski definition) is 1. The molecular weight excluding hydrogens is 415 g/mol. The second kappa shape index (κ2) is 9.04. The summed E-state index contributed by atoms with van der Waals surface area (Å²) in [6.07, 6.45) is 1.52. The lowest BCUT2D eigenvalue weighted by Gasteiger charge is -2.12. The van der Waals surface area contributed by atoms with E-state index in [2.05, 4.69) is 5.32 Å². The first-order valence-electron chi connectivity index (χ1n) is 9.24. The molecule has 2 aromatic rings. The molecule has 1 aliphatic rings. The fourth-order valence-electron chi connectivity index (χ4n) is 2.93. The Kier molecular flexibility index (Phi) is 6.47. The van der Waals surface area contributed by atoms with E-state index >= 15 is 0 Å². The van der Waals surface area contributed by atoms with Crippen molar-refractivity contribution in [2.24, 2.45) is 0 Å². The summed E-state index contributed by atoms with van der Waals surface area (Å²) in [6.45, 7) is 1.65. The Morgan fingerprint density at radius 3 is 2.53 bits per heavy atom. The lowest BCUT2D eigenvalue weighted by molar-refractivity contribution is -0.119. The van der Waals surface area contributed by atoms with Crippen molar-refractivity contribution in [3.8, 4) is 0 Å². The van der Waals surface area contributed by atoms with Gasteiger partial charge < -0.3 is 10.1 Å². The lowest BCUT2D eigenvalue weighted by Crippen LogP contribution is -2.30. The first kappa shape index (κ1) is 21.4. The second-order valence-electron chi connectivity index (χ2n) is 6.62. The molecule has 156 valence electrons. The molecular formula is C21H18ClFN2O5. The molecule has 2 aromatic carbocycles. The number of halogens is 2. The molecule has 3 amide bonds. The van der Waals surface area contributed by atoms with Gasteiger partial charge in [-0.2, -0.15) is 0 Å². The Labute approximate surface area is 176 Å². The van der Waals surface area contributed by atoms with E-state index in [0.29, 0.717) is 13.0 Å². The van der Waals surface area contributed by atoms with Crippen LogP contribution in [0.2, 0.25) is 5.02 Å². The van der Waals surface area contributed by atoms with E-state index in [-0.39, 0.29) is 33.3 Å². The van der Waals surface area contributed by atoms with Gasteiger partial charge in [0.1, 0.15) is 5.82 Å². The normalized spacial score (nSPS) is 12.7. The number of ether oxygens (including phenoxy) is 1. The van der Waals surface area contributed by atoms with Gasteiger partial charge in [-0.1, -0.05) is 24.9 Å². The van der Waals surface area contributed by atoms with Crippen LogP contribution in [-0.2, 0) is 9.53 Å². The summed E-state index contributed by atoms with van der Waals surface area (Å²) in [4.78, 5) is 50.2. The highest BCUT2D eigenvalue weighted by molar-refractivity contribution is 6.33. The van der Waals surface area contributed by atoms with E-state index in [4.69, 9.17) is 16.3 Å². The topological polar surface area (TPSA) is 92.8 Å². The summed E-state index contributed by atoms with van der Waals surface area (Å²) in [5, 5.41) is 2.41. The number of benzene rings is 2. The number of nitrogens with zero attached hydrogens (tertiary/aromatic N) is 1. The molecule has 0 unspecified atom stereocenters. The smallest absolute Gasteiger partial charge is 0.338 e. The Morgan fingerprint density at radius 1 is 1.10 bits per heavy atom. The lowest BCUT2D eigenvalue weighted by atomic mass is 10.1. The van der Waals surface area contributed by atoms with Crippen LogP contribution in [-0.4, -0.2) is 41.7 Å². The van der Waals surface area contributed by atoms with Gasteiger partial charge in [-0.25, -0.2) is 9.18 Å². The Morgan fingerprint density at radius 2 is 1.83 bits per heavy atom. The number of unbranched alkanes of at least 4 members (excludes halogenated alkanes) is 1. The largest absolute Gasteiger partial charge is 0.452 e. The summed E-state index contributed by atoms with van der Waals surface area (Å²) < 4.78 is 18.0. The molecule has 9 heteroatoms. The van der Waals surface area contributed by atoms with Crippen LogP contribution in [0.15, 0.2) is 36.4 Å². The van der Waals surface area contributed by atoms with Gasteiger partial charge >= 0.3 is 5.97 Å². The van der Waals surface area contributed by atoms with Crippen LogP contribution in [0.1, 0.15) is 50.8 Å². The molecule has 1 aliphatic heterocycles. The van der Waals surface area contributed by atoms with Crippen LogP contribution >= 0.6 is 11.6 Å². The minimum absolute atomic E-state index is 0.00380. The van der Waals surface area contributed by atoms with Gasteiger partial charge in [-0.15, -0.1) is 0 Å². The number of anilines is 1. The Hall–Kier alpha value is -3.26. The molecule has 0 bridgehead atoms. The standard InChI is InChI=1S/C21H18ClFN2O5/c1-2-3-8-25-19(27)14-6-4-12(9-15(14)20(25)28)21(29)30-11-18(26)24-17-7-5-13(23)10-16(17)22/h4-7,9-10H,2-3,8,11H2,1H3,(H,24,26). The predicted molar refractivity (Wildman–Crippen MR) is 107 cm³/mol. The van der Waals surface area contributed by atoms with Crippen molar-refractivity contribution in [3.05, 3.63) is 63.9 Å². The molecule has 3 rings (SSSR count). The van der Waals surface area contributed by atoms with Crippen LogP contribution in [0.4, 0.5) is 10.1 Å². The number of esters is 1. The van der Waals surface area contributed by atoms with Crippen molar-refractivity contribution in [2.75, 3.05) is 18.5 Å². The van der Waals surface area contributed by atoms with Crippen molar-refractivity contribution < 1.29 is 28.3 Å². The number of hydrogen-bond acceptors (Lipinski definition) is 5. The number of amides is 3. The third kappa shape index (κ3) is 4.49. The van der Waals surface area contributed by atoms with Crippen molar-refractivity contribution in [3.63, 3.8) is 0 Å². The van der Waals surface area contributed by atoms with Crippen LogP contribution in [0.5, 0.6) is 0 Å². The highest BCUT2D eigenvalue weighted by atomic mass is 35.5. The van der Waals surface area contributed by atoms with E-state index in [1.807, 2.05) is 6.92 Å². The molecule has 0 saturated carbocycles. The summed E-state index contributed by atoms with van der Waals surface area (Å²) in [6, 6.07) is 7.50. The van der Waals surface area contributed by atoms with E-state index < -0.39 is 30.2 Å². The van der Waals surface area contributed by atoms with Gasteiger partial charge in [-0.3, -0.25) is 19.3 Å². The zero-order valence-corrected chi connectivity index (χ0v) is 16.8. The minimum Gasteiger partial charge on any atom is -0.452 e. The average molecular weight is 433 g/mol. The molecule has 0 saturated heterocycles. The van der Waals surface area contributed by atoms with Gasteiger partial charge in [0.05, 0.1) is 27.4 Å². The molecule has 0 radical (unpaired) electrons. The zero-order valence-electron chi connectivity index (χ0n) is 16.0. The average Bonchev–Trinajstić information content (AvgIpc) is 2.96. The number of fused-ring (bicyclic) bond motifs is 1. The van der Waals surface area contributed by atoms with Crippen molar-refractivity contribution in [2.45, 2.75) is 19.8 Å². The van der Waals surface area contributed by atoms with Crippen molar-refractivity contribution >= 4 is 41.0 Å². The molecule has 1 N–H and O–H groups in total. The Balaban J connectivity index is 1.63. The Bertz CT molecular complexity index is 1040. The number of carbonyl (C=O) groups excluding carboxylic acids is 4. The molecule has 0 aliphatic carbocycles. The fraction of sp³-hybridized carbons (Fsp3) is 0.238. The summed E-state index contributed by atoms with van der Waals surface area (Å²) in [7, 11) is 0. The zero-order chi connectivity index (χ0) is 21.8. The van der Waals surface area contributed by atoms with Crippen molar-refractivity contribution in [1.29, 1.82) is 0 Å². The number of nitrogens with one attached hydrogen (secondary N) is 1. The predicted octanol–water partition coefficient (Wildman–Crippen LogP) is 3.67. The maximum Gasteiger partial charge on any atom is 0.338 e. The second-order valence-corrected chi connectivity index (χ2v) is 7.03. The number of imide groups is 1. The highest BCUT2D eigenvalue weighted by Crippen LogP contribution is 2.25. The van der Waals surface area contributed by atoms with Crippen LogP contribution in [0.25, 0.3) is 0 Å². The van der Waals surface area contributed by atoms with Gasteiger partial charge in [0, 0.05) is 6.54 Å². The quantitative estimate of drug-likeness (QED) is 0.532. The first-order valence-corrected chi connectivity index (χ1v) is 9.62. The third-order valence-electron chi connectivity index (χ3n) is 4.48. The molecule has 0 spiro atoms. The monoisotopic (exact) mass is 432 g/mol. The van der Waals surface area contributed by atoms with Gasteiger partial charge in [-0.05, 0) is 42.8 Å². The maximum absolute atomic E-state index is 13.0. The van der Waals surface area contributed by atoms with Gasteiger partial charge in [0.2, 0.25) is 0 Å². The summed E-state index contributed by atoms with van der Waals surface area (Å²) in [5.41, 5.74) is 0.581. The maximum atomic E-state index is 13.0. The SMILES string of the molecule is CCCCN1C(=O)c2ccc(C(=O)OCC(=O)Nc3ccc(F)cc3Cl)cc2C1=O. The summed E-state index contributed by atoms with van der Waals surface area (Å²) >= 11 is 5.83. The summed E-state index contributed by atoms with van der Waals surface area (Å²) in [5.74, 6) is -2.90. The van der Waals surface area contributed by atoms with E-state index in [1.54, 1.807) is 0 Å². The molecule has 0 fully saturated rings. The number of carbonyl (C=O) groups is 4. The molecule has 0 atom stereocenters. The van der Waals surface area contributed by atoms with Crippen LogP contribution in [0.3, 0.4) is 0 Å².